The van der Waals surface area contributed by atoms with Gasteiger partial charge in [0, 0.05) is 38.6 Å². The molecular weight excluding hydrogens is 283 g/mol. The second-order valence-corrected chi connectivity index (χ2v) is 6.19. The first-order valence-electron chi connectivity index (χ1n) is 7.63. The average molecular weight is 307 g/mol. The van der Waals surface area contributed by atoms with E-state index in [0.29, 0.717) is 19.5 Å². The second-order valence-electron chi connectivity index (χ2n) is 6.19. The van der Waals surface area contributed by atoms with Crippen molar-refractivity contribution in [3.63, 3.8) is 0 Å². The molecule has 122 valence electrons. The van der Waals surface area contributed by atoms with Gasteiger partial charge in [0.15, 0.2) is 0 Å². The molecule has 3 atom stereocenters. The molecule has 7 heteroatoms. The normalized spacial score (nSPS) is 29.7. The van der Waals surface area contributed by atoms with Gasteiger partial charge in [-0.1, -0.05) is 6.42 Å². The Hall–Kier alpha value is -0.820. The minimum Gasteiger partial charge on any atom is -0.340 e. The number of nitrogens with zero attached hydrogens (tertiary/aromatic N) is 2. The topological polar surface area (TPSA) is 49.6 Å². The molecular formula is C14H24F3N3O. The zero-order valence-electron chi connectivity index (χ0n) is 12.4. The number of halogens is 3. The van der Waals surface area contributed by atoms with Crippen LogP contribution >= 0.6 is 0 Å². The molecule has 1 saturated heterocycles. The maximum Gasteiger partial charge on any atom is 0.403 e. The van der Waals surface area contributed by atoms with Gasteiger partial charge in [-0.25, -0.2) is 0 Å². The number of hydrogen-bond donors (Lipinski definition) is 1. The van der Waals surface area contributed by atoms with Crippen LogP contribution in [0.15, 0.2) is 0 Å². The Balaban J connectivity index is 1.79. The molecule has 2 rings (SSSR count). The molecule has 0 spiro atoms. The van der Waals surface area contributed by atoms with E-state index < -0.39 is 12.2 Å². The van der Waals surface area contributed by atoms with E-state index in [0.717, 1.165) is 19.3 Å². The van der Waals surface area contributed by atoms with Crippen molar-refractivity contribution in [3.05, 3.63) is 0 Å². The van der Waals surface area contributed by atoms with Crippen molar-refractivity contribution in [1.82, 2.24) is 9.80 Å². The lowest BCUT2D eigenvalue weighted by molar-refractivity contribution is -0.183. The highest BCUT2D eigenvalue weighted by Gasteiger charge is 2.41. The van der Waals surface area contributed by atoms with Gasteiger partial charge in [-0.05, 0) is 25.7 Å². The maximum atomic E-state index is 12.7. The van der Waals surface area contributed by atoms with Crippen molar-refractivity contribution in [2.45, 2.75) is 50.9 Å². The Morgan fingerprint density at radius 3 is 2.33 bits per heavy atom. The highest BCUT2D eigenvalue weighted by Crippen LogP contribution is 2.28. The molecule has 1 amide bonds. The summed E-state index contributed by atoms with van der Waals surface area (Å²) in [5.74, 6) is 0.279. The van der Waals surface area contributed by atoms with Gasteiger partial charge in [0.1, 0.15) is 6.04 Å². The molecule has 1 unspecified atom stereocenters. The van der Waals surface area contributed by atoms with Crippen LogP contribution in [0.1, 0.15) is 32.6 Å². The fraction of sp³-hybridized carbons (Fsp3) is 0.929. The minimum atomic E-state index is -4.21. The molecule has 0 bridgehead atoms. The number of hydrogen-bond acceptors (Lipinski definition) is 3. The van der Waals surface area contributed by atoms with Crippen LogP contribution in [-0.4, -0.2) is 60.1 Å². The van der Waals surface area contributed by atoms with Crippen LogP contribution in [0.2, 0.25) is 0 Å². The summed E-state index contributed by atoms with van der Waals surface area (Å²) in [5.41, 5.74) is 5.96. The summed E-state index contributed by atoms with van der Waals surface area (Å²) in [6, 6.07) is -1.35. The molecule has 1 saturated carbocycles. The Morgan fingerprint density at radius 1 is 1.24 bits per heavy atom. The van der Waals surface area contributed by atoms with Crippen LogP contribution in [0.25, 0.3) is 0 Å². The van der Waals surface area contributed by atoms with Gasteiger partial charge in [0.05, 0.1) is 0 Å². The summed E-state index contributed by atoms with van der Waals surface area (Å²) in [6.07, 6.45) is -0.748. The molecule has 2 aliphatic rings. The summed E-state index contributed by atoms with van der Waals surface area (Å²) in [4.78, 5) is 15.3. The second kappa shape index (κ2) is 6.52. The van der Waals surface area contributed by atoms with Crippen LogP contribution in [0.5, 0.6) is 0 Å². The van der Waals surface area contributed by atoms with E-state index in [-0.39, 0.29) is 31.0 Å². The fourth-order valence-corrected chi connectivity index (χ4v) is 3.24. The van der Waals surface area contributed by atoms with E-state index in [2.05, 4.69) is 0 Å². The predicted octanol–water partition coefficient (Wildman–Crippen LogP) is 1.60. The summed E-state index contributed by atoms with van der Waals surface area (Å²) in [7, 11) is 0. The van der Waals surface area contributed by atoms with Gasteiger partial charge < -0.3 is 10.6 Å². The lowest BCUT2D eigenvalue weighted by atomic mass is 9.99. The number of rotatable bonds is 3. The van der Waals surface area contributed by atoms with E-state index >= 15 is 0 Å². The van der Waals surface area contributed by atoms with Gasteiger partial charge in [-0.3, -0.25) is 9.69 Å². The molecule has 1 heterocycles. The molecule has 4 nitrogen and oxygen atoms in total. The van der Waals surface area contributed by atoms with Crippen LogP contribution in [-0.2, 0) is 4.79 Å². The summed E-state index contributed by atoms with van der Waals surface area (Å²) >= 11 is 0. The van der Waals surface area contributed by atoms with Crippen molar-refractivity contribution in [2.24, 2.45) is 11.7 Å². The highest BCUT2D eigenvalue weighted by molar-refractivity contribution is 5.76. The number of nitrogens with two attached hydrogens (primary N) is 1. The fourth-order valence-electron chi connectivity index (χ4n) is 3.24. The smallest absolute Gasteiger partial charge is 0.340 e. The largest absolute Gasteiger partial charge is 0.403 e. The van der Waals surface area contributed by atoms with E-state index in [1.165, 1.54) is 11.8 Å². The molecule has 1 aliphatic heterocycles. The van der Waals surface area contributed by atoms with Gasteiger partial charge >= 0.3 is 6.18 Å². The first-order valence-corrected chi connectivity index (χ1v) is 7.63. The summed E-state index contributed by atoms with van der Waals surface area (Å²) in [5, 5.41) is 0. The third-order valence-corrected chi connectivity index (χ3v) is 4.84. The number of carbonyl (C=O) groups is 1. The molecule has 0 radical (unpaired) electrons. The van der Waals surface area contributed by atoms with Gasteiger partial charge in [0.2, 0.25) is 5.91 Å². The zero-order valence-corrected chi connectivity index (χ0v) is 12.4. The highest BCUT2D eigenvalue weighted by atomic mass is 19.4. The minimum absolute atomic E-state index is 0.0386. The third-order valence-electron chi connectivity index (χ3n) is 4.84. The zero-order chi connectivity index (χ0) is 15.6. The van der Waals surface area contributed by atoms with Crippen molar-refractivity contribution >= 4 is 5.91 Å². The molecule has 0 aromatic carbocycles. The van der Waals surface area contributed by atoms with Gasteiger partial charge in [-0.2, -0.15) is 13.2 Å². The van der Waals surface area contributed by atoms with Crippen LogP contribution in [0, 0.1) is 5.92 Å². The van der Waals surface area contributed by atoms with Crippen molar-refractivity contribution in [1.29, 1.82) is 0 Å². The first-order chi connectivity index (χ1) is 9.79. The standard InChI is InChI=1S/C14H24F3N3O/c1-10(14(15,16)17)19-5-7-20(8-6-19)13(21)9-11-3-2-4-12(11)18/h10-12H,2-9,18H2,1H3/t10?,11-,12+/m0/s1. The van der Waals surface area contributed by atoms with Crippen molar-refractivity contribution < 1.29 is 18.0 Å². The van der Waals surface area contributed by atoms with E-state index in [4.69, 9.17) is 5.73 Å². The molecule has 0 aromatic heterocycles. The number of amides is 1. The van der Waals surface area contributed by atoms with Gasteiger partial charge in [0.25, 0.3) is 0 Å². The number of alkyl halides is 3. The van der Waals surface area contributed by atoms with Gasteiger partial charge in [-0.15, -0.1) is 0 Å². The lowest BCUT2D eigenvalue weighted by Gasteiger charge is -2.39. The Labute approximate surface area is 123 Å². The summed E-state index contributed by atoms with van der Waals surface area (Å²) in [6.45, 7) is 2.49. The average Bonchev–Trinajstić information content (AvgIpc) is 2.82. The van der Waals surface area contributed by atoms with E-state index in [9.17, 15) is 18.0 Å². The van der Waals surface area contributed by atoms with Crippen LogP contribution in [0.3, 0.4) is 0 Å². The Bertz CT molecular complexity index is 367. The molecule has 2 N–H and O–H groups in total. The van der Waals surface area contributed by atoms with Crippen LogP contribution in [0.4, 0.5) is 13.2 Å². The van der Waals surface area contributed by atoms with Crippen molar-refractivity contribution in [3.8, 4) is 0 Å². The van der Waals surface area contributed by atoms with E-state index in [1.807, 2.05) is 0 Å². The maximum absolute atomic E-state index is 12.7. The molecule has 0 aromatic rings. The van der Waals surface area contributed by atoms with Crippen LogP contribution < -0.4 is 5.73 Å². The van der Waals surface area contributed by atoms with Crippen molar-refractivity contribution in [2.75, 3.05) is 26.2 Å². The van der Waals surface area contributed by atoms with E-state index in [1.54, 1.807) is 4.90 Å². The predicted molar refractivity (Wildman–Crippen MR) is 73.6 cm³/mol. The molecule has 1 aliphatic carbocycles. The summed E-state index contributed by atoms with van der Waals surface area (Å²) < 4.78 is 38.0. The quantitative estimate of drug-likeness (QED) is 0.861. The Kier molecular flexibility index (Phi) is 5.14. The first kappa shape index (κ1) is 16.5. The lowest BCUT2D eigenvalue weighted by Crippen LogP contribution is -2.55. The third kappa shape index (κ3) is 4.10. The SMILES string of the molecule is CC(N1CCN(C(=O)C[C@@H]2CCC[C@H]2N)CC1)C(F)(F)F. The number of piperazine rings is 1. The molecule has 2 fully saturated rings. The Morgan fingerprint density at radius 2 is 1.86 bits per heavy atom. The molecule has 21 heavy (non-hydrogen) atoms. The monoisotopic (exact) mass is 307 g/mol. The number of carbonyl (C=O) groups excluding carboxylic acids is 1.